The Kier molecular flexibility index (Phi) is 4.35. The molecular weight excluding hydrogens is 230 g/mol. The van der Waals surface area contributed by atoms with E-state index < -0.39 is 5.60 Å². The van der Waals surface area contributed by atoms with E-state index in [-0.39, 0.29) is 29.7 Å². The van der Waals surface area contributed by atoms with Crippen molar-refractivity contribution >= 4 is 5.91 Å². The van der Waals surface area contributed by atoms with Crippen molar-refractivity contribution in [1.82, 2.24) is 5.32 Å². The molecule has 0 aliphatic carbocycles. The van der Waals surface area contributed by atoms with Crippen molar-refractivity contribution in [3.63, 3.8) is 0 Å². The molecule has 0 bridgehead atoms. The van der Waals surface area contributed by atoms with Crippen molar-refractivity contribution in [2.45, 2.75) is 33.3 Å². The first-order valence-electron chi connectivity index (χ1n) is 6.04. The Bertz CT molecular complexity index is 439. The Morgan fingerprint density at radius 3 is 2.56 bits per heavy atom. The van der Waals surface area contributed by atoms with E-state index in [0.29, 0.717) is 0 Å². The average molecular weight is 251 g/mol. The zero-order valence-corrected chi connectivity index (χ0v) is 11.3. The lowest BCUT2D eigenvalue weighted by molar-refractivity contribution is 0.0142. The highest BCUT2D eigenvalue weighted by atomic mass is 16.3. The second-order valence-electron chi connectivity index (χ2n) is 5.22. The number of phenolic OH excluding ortho intramolecular Hbond substituents is 1. The number of aromatic hydroxyl groups is 1. The predicted molar refractivity (Wildman–Crippen MR) is 70.6 cm³/mol. The SMILES string of the molecule is Cc1ccc(C(=O)NCC(C)(O)C(C)C)c(O)c1. The Labute approximate surface area is 108 Å². The van der Waals surface area contributed by atoms with Gasteiger partial charge < -0.3 is 15.5 Å². The smallest absolute Gasteiger partial charge is 0.255 e. The third kappa shape index (κ3) is 3.47. The van der Waals surface area contributed by atoms with Gasteiger partial charge in [0, 0.05) is 6.54 Å². The zero-order valence-electron chi connectivity index (χ0n) is 11.3. The molecule has 0 saturated carbocycles. The zero-order chi connectivity index (χ0) is 13.9. The summed E-state index contributed by atoms with van der Waals surface area (Å²) in [7, 11) is 0. The minimum atomic E-state index is -0.962. The molecule has 0 spiro atoms. The van der Waals surface area contributed by atoms with E-state index in [0.717, 1.165) is 5.56 Å². The van der Waals surface area contributed by atoms with Crippen LogP contribution in [0.5, 0.6) is 5.75 Å². The molecule has 0 saturated heterocycles. The summed E-state index contributed by atoms with van der Waals surface area (Å²) in [6.45, 7) is 7.43. The molecule has 1 unspecified atom stereocenters. The van der Waals surface area contributed by atoms with Crippen molar-refractivity contribution in [2.24, 2.45) is 5.92 Å². The van der Waals surface area contributed by atoms with Crippen molar-refractivity contribution in [3.05, 3.63) is 29.3 Å². The number of aryl methyl sites for hydroxylation is 1. The molecule has 1 amide bonds. The minimum Gasteiger partial charge on any atom is -0.507 e. The molecular formula is C14H21NO3. The van der Waals surface area contributed by atoms with Crippen molar-refractivity contribution in [1.29, 1.82) is 0 Å². The number of phenols is 1. The van der Waals surface area contributed by atoms with Gasteiger partial charge in [-0.1, -0.05) is 19.9 Å². The number of aliphatic hydroxyl groups is 1. The molecule has 4 heteroatoms. The first-order valence-corrected chi connectivity index (χ1v) is 6.04. The summed E-state index contributed by atoms with van der Waals surface area (Å²) in [6, 6.07) is 4.87. The van der Waals surface area contributed by atoms with E-state index in [9.17, 15) is 15.0 Å². The van der Waals surface area contributed by atoms with Gasteiger partial charge in [0.05, 0.1) is 11.2 Å². The van der Waals surface area contributed by atoms with Crippen LogP contribution in [0.25, 0.3) is 0 Å². The van der Waals surface area contributed by atoms with Gasteiger partial charge in [-0.15, -0.1) is 0 Å². The van der Waals surface area contributed by atoms with Gasteiger partial charge in [-0.25, -0.2) is 0 Å². The molecule has 0 aliphatic heterocycles. The largest absolute Gasteiger partial charge is 0.507 e. The number of nitrogens with one attached hydrogen (secondary N) is 1. The van der Waals surface area contributed by atoms with Gasteiger partial charge in [0.1, 0.15) is 5.75 Å². The summed E-state index contributed by atoms with van der Waals surface area (Å²) in [5.74, 6) is -0.394. The van der Waals surface area contributed by atoms with Gasteiger partial charge in [0.25, 0.3) is 5.91 Å². The lowest BCUT2D eigenvalue weighted by atomic mass is 9.92. The van der Waals surface area contributed by atoms with Crippen LogP contribution in [-0.4, -0.2) is 28.3 Å². The van der Waals surface area contributed by atoms with Gasteiger partial charge >= 0.3 is 0 Å². The lowest BCUT2D eigenvalue weighted by Gasteiger charge is -2.27. The maximum Gasteiger partial charge on any atom is 0.255 e. The van der Waals surface area contributed by atoms with Gasteiger partial charge in [-0.2, -0.15) is 0 Å². The normalized spacial score (nSPS) is 14.3. The highest BCUT2D eigenvalue weighted by Crippen LogP contribution is 2.19. The molecule has 100 valence electrons. The Balaban J connectivity index is 2.72. The van der Waals surface area contributed by atoms with Crippen LogP contribution < -0.4 is 5.32 Å². The quantitative estimate of drug-likeness (QED) is 0.764. The maximum absolute atomic E-state index is 11.9. The molecule has 0 radical (unpaired) electrons. The summed E-state index contributed by atoms with van der Waals surface area (Å²) in [5, 5.41) is 22.3. The van der Waals surface area contributed by atoms with E-state index in [1.165, 1.54) is 6.07 Å². The second-order valence-corrected chi connectivity index (χ2v) is 5.22. The number of hydrogen-bond donors (Lipinski definition) is 3. The minimum absolute atomic E-state index is 0.0319. The molecule has 3 N–H and O–H groups in total. The fraction of sp³-hybridized carbons (Fsp3) is 0.500. The van der Waals surface area contributed by atoms with Crippen LogP contribution in [-0.2, 0) is 0 Å². The average Bonchev–Trinajstić information content (AvgIpc) is 2.25. The molecule has 4 nitrogen and oxygen atoms in total. The van der Waals surface area contributed by atoms with E-state index in [1.54, 1.807) is 19.1 Å². The number of benzene rings is 1. The first kappa shape index (κ1) is 14.5. The van der Waals surface area contributed by atoms with Crippen molar-refractivity contribution in [3.8, 4) is 5.75 Å². The van der Waals surface area contributed by atoms with Gasteiger partial charge in [0.15, 0.2) is 0 Å². The second kappa shape index (κ2) is 5.40. The van der Waals surface area contributed by atoms with E-state index >= 15 is 0 Å². The number of amides is 1. The van der Waals surface area contributed by atoms with Crippen molar-refractivity contribution in [2.75, 3.05) is 6.54 Å². The molecule has 1 aromatic rings. The number of carbonyl (C=O) groups excluding carboxylic acids is 1. The molecule has 1 rings (SSSR count). The maximum atomic E-state index is 11.9. The third-order valence-corrected chi connectivity index (χ3v) is 3.25. The predicted octanol–water partition coefficient (Wildman–Crippen LogP) is 1.84. The van der Waals surface area contributed by atoms with Crippen molar-refractivity contribution < 1.29 is 15.0 Å². The third-order valence-electron chi connectivity index (χ3n) is 3.25. The van der Waals surface area contributed by atoms with Gasteiger partial charge in [-0.05, 0) is 37.5 Å². The fourth-order valence-corrected chi connectivity index (χ4v) is 1.39. The van der Waals surface area contributed by atoms with Crippen LogP contribution in [0.15, 0.2) is 18.2 Å². The van der Waals surface area contributed by atoms with Gasteiger partial charge in [0.2, 0.25) is 0 Å². The Morgan fingerprint density at radius 2 is 2.06 bits per heavy atom. The van der Waals surface area contributed by atoms with Crippen LogP contribution >= 0.6 is 0 Å². The van der Waals surface area contributed by atoms with Crippen LogP contribution in [0.1, 0.15) is 36.7 Å². The molecule has 0 heterocycles. The van der Waals surface area contributed by atoms with E-state index in [2.05, 4.69) is 5.32 Å². The summed E-state index contributed by atoms with van der Waals surface area (Å²) in [6.07, 6.45) is 0. The molecule has 18 heavy (non-hydrogen) atoms. The highest BCUT2D eigenvalue weighted by Gasteiger charge is 2.25. The summed E-state index contributed by atoms with van der Waals surface area (Å²) < 4.78 is 0. The molecule has 1 atom stereocenters. The first-order chi connectivity index (χ1) is 8.24. The Hall–Kier alpha value is -1.55. The van der Waals surface area contributed by atoms with Crippen LogP contribution in [0.4, 0.5) is 0 Å². The van der Waals surface area contributed by atoms with Crippen LogP contribution in [0.3, 0.4) is 0 Å². The summed E-state index contributed by atoms with van der Waals surface area (Å²) in [5.41, 5.74) is 0.147. The number of hydrogen-bond acceptors (Lipinski definition) is 3. The van der Waals surface area contributed by atoms with Crippen LogP contribution in [0.2, 0.25) is 0 Å². The topological polar surface area (TPSA) is 69.6 Å². The highest BCUT2D eigenvalue weighted by molar-refractivity contribution is 5.96. The summed E-state index contributed by atoms with van der Waals surface area (Å²) >= 11 is 0. The van der Waals surface area contributed by atoms with Crippen LogP contribution in [0, 0.1) is 12.8 Å². The standard InChI is InChI=1S/C14H21NO3/c1-9(2)14(4,18)8-15-13(17)11-6-5-10(3)7-12(11)16/h5-7,9,16,18H,8H2,1-4H3,(H,15,17). The van der Waals surface area contributed by atoms with Gasteiger partial charge in [-0.3, -0.25) is 4.79 Å². The monoisotopic (exact) mass is 251 g/mol. The summed E-state index contributed by atoms with van der Waals surface area (Å²) in [4.78, 5) is 11.9. The number of carbonyl (C=O) groups is 1. The molecule has 0 aromatic heterocycles. The molecule has 0 aliphatic rings. The Morgan fingerprint density at radius 1 is 1.44 bits per heavy atom. The fourth-order valence-electron chi connectivity index (χ4n) is 1.39. The number of rotatable bonds is 4. The lowest BCUT2D eigenvalue weighted by Crippen LogP contribution is -2.44. The molecule has 0 fully saturated rings. The molecule has 1 aromatic carbocycles. The van der Waals surface area contributed by atoms with E-state index in [4.69, 9.17) is 0 Å². The van der Waals surface area contributed by atoms with E-state index in [1.807, 2.05) is 20.8 Å².